The van der Waals surface area contributed by atoms with E-state index in [9.17, 15) is 4.79 Å². The van der Waals surface area contributed by atoms with Gasteiger partial charge in [0.15, 0.2) is 0 Å². The summed E-state index contributed by atoms with van der Waals surface area (Å²) < 4.78 is 1.72. The van der Waals surface area contributed by atoms with Crippen LogP contribution in [-0.4, -0.2) is 46.1 Å². The lowest BCUT2D eigenvalue weighted by molar-refractivity contribution is 0.0953. The van der Waals surface area contributed by atoms with E-state index in [1.54, 1.807) is 10.7 Å². The summed E-state index contributed by atoms with van der Waals surface area (Å²) in [5.74, 6) is 2.73. The van der Waals surface area contributed by atoms with E-state index in [0.29, 0.717) is 18.2 Å². The molecule has 0 bridgehead atoms. The lowest BCUT2D eigenvalue weighted by atomic mass is 9.94. The van der Waals surface area contributed by atoms with Gasteiger partial charge in [-0.1, -0.05) is 25.0 Å². The summed E-state index contributed by atoms with van der Waals surface area (Å²) in [6.07, 6.45) is 17.7. The monoisotopic (exact) mass is 378 g/mol. The number of allylic oxidation sites excluding steroid dienone is 1. The average molecular weight is 379 g/mol. The molecule has 2 aromatic heterocycles. The molecular formula is C23H30N4O. The standard InChI is InChI=1S/C23H30N4O/c1-3-15-26(20-12-10-19(4-2)11-13-20)16-8-6-14-24-23(28)21-18-25-27-17-7-5-9-22(21)27/h2,5,7,9-10,17-18,20H,3,6,8,11-16H2,1H3,(H,24,28)/t20-/m0/s1. The van der Waals surface area contributed by atoms with Gasteiger partial charge in [-0.05, 0) is 69.3 Å². The van der Waals surface area contributed by atoms with Crippen LogP contribution in [0.15, 0.2) is 42.2 Å². The number of aromatic nitrogens is 2. The van der Waals surface area contributed by atoms with Crippen molar-refractivity contribution in [2.45, 2.75) is 51.5 Å². The van der Waals surface area contributed by atoms with E-state index in [0.717, 1.165) is 62.7 Å². The Morgan fingerprint density at radius 2 is 2.29 bits per heavy atom. The Hall–Kier alpha value is -2.58. The SMILES string of the molecule is C#CC1=CC[C@H](N(CCC)CCCCNC(=O)c2cnn3ccccc23)CC1. The van der Waals surface area contributed by atoms with E-state index >= 15 is 0 Å². The molecule has 0 saturated carbocycles. The number of fused-ring (bicyclic) bond motifs is 1. The van der Waals surface area contributed by atoms with Gasteiger partial charge in [0.2, 0.25) is 0 Å². The maximum atomic E-state index is 12.4. The second-order valence-corrected chi connectivity index (χ2v) is 7.39. The molecule has 2 heterocycles. The van der Waals surface area contributed by atoms with Crippen molar-refractivity contribution in [2.24, 2.45) is 0 Å². The van der Waals surface area contributed by atoms with Crippen LogP contribution in [0.1, 0.15) is 55.8 Å². The summed E-state index contributed by atoms with van der Waals surface area (Å²) in [5.41, 5.74) is 2.63. The van der Waals surface area contributed by atoms with Crippen LogP contribution in [0, 0.1) is 12.3 Å². The molecule has 1 N–H and O–H groups in total. The number of nitrogens with one attached hydrogen (secondary N) is 1. The minimum absolute atomic E-state index is 0.0501. The Morgan fingerprint density at radius 1 is 1.39 bits per heavy atom. The highest BCUT2D eigenvalue weighted by Crippen LogP contribution is 2.22. The summed E-state index contributed by atoms with van der Waals surface area (Å²) in [6, 6.07) is 6.34. The number of unbranched alkanes of at least 4 members (excludes halogenated alkanes) is 1. The molecule has 0 unspecified atom stereocenters. The van der Waals surface area contributed by atoms with Gasteiger partial charge in [0, 0.05) is 18.8 Å². The third-order valence-electron chi connectivity index (χ3n) is 5.42. The van der Waals surface area contributed by atoms with Crippen LogP contribution >= 0.6 is 0 Å². The average Bonchev–Trinajstić information content (AvgIpc) is 3.17. The van der Waals surface area contributed by atoms with E-state index in [1.165, 1.54) is 0 Å². The maximum Gasteiger partial charge on any atom is 0.255 e. The number of hydrogen-bond donors (Lipinski definition) is 1. The minimum atomic E-state index is -0.0501. The summed E-state index contributed by atoms with van der Waals surface area (Å²) in [6.45, 7) is 5.12. The van der Waals surface area contributed by atoms with E-state index in [1.807, 2.05) is 24.4 Å². The van der Waals surface area contributed by atoms with Gasteiger partial charge in [0.05, 0.1) is 17.3 Å². The zero-order valence-electron chi connectivity index (χ0n) is 16.7. The minimum Gasteiger partial charge on any atom is -0.352 e. The molecule has 3 rings (SSSR count). The summed E-state index contributed by atoms with van der Waals surface area (Å²) in [4.78, 5) is 15.0. The quantitative estimate of drug-likeness (QED) is 0.535. The third kappa shape index (κ3) is 5.02. The van der Waals surface area contributed by atoms with Gasteiger partial charge in [0.1, 0.15) is 0 Å². The van der Waals surface area contributed by atoms with Gasteiger partial charge in [-0.2, -0.15) is 5.10 Å². The molecule has 0 saturated heterocycles. The largest absolute Gasteiger partial charge is 0.352 e. The van der Waals surface area contributed by atoms with E-state index in [2.05, 4.69) is 34.2 Å². The smallest absolute Gasteiger partial charge is 0.255 e. The second kappa shape index (κ2) is 10.1. The fourth-order valence-electron chi connectivity index (χ4n) is 3.89. The van der Waals surface area contributed by atoms with Gasteiger partial charge < -0.3 is 10.2 Å². The lowest BCUT2D eigenvalue weighted by Gasteiger charge is -2.33. The summed E-state index contributed by atoms with van der Waals surface area (Å²) in [7, 11) is 0. The predicted octanol–water partition coefficient (Wildman–Crippen LogP) is 3.67. The highest BCUT2D eigenvalue weighted by molar-refractivity contribution is 6.00. The molecule has 0 aromatic carbocycles. The molecule has 1 aliphatic rings. The Morgan fingerprint density at radius 3 is 3.04 bits per heavy atom. The molecule has 1 atom stereocenters. The molecule has 0 aliphatic heterocycles. The van der Waals surface area contributed by atoms with Crippen LogP contribution in [0.25, 0.3) is 5.52 Å². The maximum absolute atomic E-state index is 12.4. The molecule has 0 spiro atoms. The molecule has 0 radical (unpaired) electrons. The van der Waals surface area contributed by atoms with Crippen LogP contribution < -0.4 is 5.32 Å². The number of terminal acetylenes is 1. The zero-order valence-corrected chi connectivity index (χ0v) is 16.7. The normalized spacial score (nSPS) is 16.8. The first-order chi connectivity index (χ1) is 13.7. The van der Waals surface area contributed by atoms with Gasteiger partial charge in [0.25, 0.3) is 5.91 Å². The number of pyridine rings is 1. The predicted molar refractivity (Wildman–Crippen MR) is 113 cm³/mol. The highest BCUT2D eigenvalue weighted by Gasteiger charge is 2.20. The molecule has 5 nitrogen and oxygen atoms in total. The van der Waals surface area contributed by atoms with Gasteiger partial charge in [-0.15, -0.1) is 6.42 Å². The van der Waals surface area contributed by atoms with Crippen molar-refractivity contribution < 1.29 is 4.79 Å². The van der Waals surface area contributed by atoms with Gasteiger partial charge >= 0.3 is 0 Å². The lowest BCUT2D eigenvalue weighted by Crippen LogP contribution is -2.38. The van der Waals surface area contributed by atoms with Crippen molar-refractivity contribution in [1.82, 2.24) is 19.8 Å². The molecular weight excluding hydrogens is 348 g/mol. The Balaban J connectivity index is 1.42. The van der Waals surface area contributed by atoms with Crippen molar-refractivity contribution in [1.29, 1.82) is 0 Å². The van der Waals surface area contributed by atoms with Crippen molar-refractivity contribution in [3.8, 4) is 12.3 Å². The first-order valence-corrected chi connectivity index (χ1v) is 10.3. The van der Waals surface area contributed by atoms with Crippen LogP contribution in [0.4, 0.5) is 0 Å². The van der Waals surface area contributed by atoms with Crippen LogP contribution in [0.3, 0.4) is 0 Å². The number of hydrogen-bond acceptors (Lipinski definition) is 3. The van der Waals surface area contributed by atoms with E-state index in [-0.39, 0.29) is 5.91 Å². The van der Waals surface area contributed by atoms with Crippen LogP contribution in [-0.2, 0) is 0 Å². The third-order valence-corrected chi connectivity index (χ3v) is 5.42. The number of carbonyl (C=O) groups excluding carboxylic acids is 1. The van der Waals surface area contributed by atoms with Crippen molar-refractivity contribution in [3.05, 3.63) is 47.8 Å². The Labute approximate surface area is 167 Å². The Kier molecular flexibility index (Phi) is 7.27. The molecule has 148 valence electrons. The van der Waals surface area contributed by atoms with Gasteiger partial charge in [-0.3, -0.25) is 4.79 Å². The van der Waals surface area contributed by atoms with Crippen LogP contribution in [0.5, 0.6) is 0 Å². The number of amides is 1. The highest BCUT2D eigenvalue weighted by atomic mass is 16.1. The zero-order chi connectivity index (χ0) is 19.8. The molecule has 0 fully saturated rings. The molecule has 2 aromatic rings. The fourth-order valence-corrected chi connectivity index (χ4v) is 3.89. The van der Waals surface area contributed by atoms with Crippen molar-refractivity contribution in [3.63, 3.8) is 0 Å². The fraction of sp³-hybridized carbons (Fsp3) is 0.478. The topological polar surface area (TPSA) is 49.6 Å². The molecule has 28 heavy (non-hydrogen) atoms. The first-order valence-electron chi connectivity index (χ1n) is 10.3. The first kappa shape index (κ1) is 20.2. The number of rotatable bonds is 9. The van der Waals surface area contributed by atoms with E-state index in [4.69, 9.17) is 6.42 Å². The van der Waals surface area contributed by atoms with E-state index < -0.39 is 0 Å². The molecule has 1 amide bonds. The molecule has 5 heteroatoms. The second-order valence-electron chi connectivity index (χ2n) is 7.39. The van der Waals surface area contributed by atoms with Crippen molar-refractivity contribution >= 4 is 11.4 Å². The van der Waals surface area contributed by atoms with Gasteiger partial charge in [-0.25, -0.2) is 4.52 Å². The number of carbonyl (C=O) groups is 1. The van der Waals surface area contributed by atoms with Crippen molar-refractivity contribution in [2.75, 3.05) is 19.6 Å². The van der Waals surface area contributed by atoms with Crippen LogP contribution in [0.2, 0.25) is 0 Å². The molecule has 1 aliphatic carbocycles. The summed E-state index contributed by atoms with van der Waals surface area (Å²) in [5, 5.41) is 7.26. The Bertz CT molecular complexity index is 861. The summed E-state index contributed by atoms with van der Waals surface area (Å²) >= 11 is 0. The number of nitrogens with zero attached hydrogens (tertiary/aromatic N) is 3.